The van der Waals surface area contributed by atoms with Crippen molar-refractivity contribution in [3.8, 4) is 0 Å². The SMILES string of the molecule is CCOC(=O)C(OCC)c1ccc(Cl)s1. The van der Waals surface area contributed by atoms with Crippen molar-refractivity contribution < 1.29 is 14.3 Å². The maximum Gasteiger partial charge on any atom is 0.340 e. The zero-order valence-corrected chi connectivity index (χ0v) is 10.2. The fraction of sp³-hybridized carbons (Fsp3) is 0.500. The molecule has 1 aromatic heterocycles. The molecule has 0 saturated heterocycles. The Morgan fingerprint density at radius 1 is 1.47 bits per heavy atom. The first-order chi connectivity index (χ1) is 7.19. The van der Waals surface area contributed by atoms with E-state index in [1.165, 1.54) is 11.3 Å². The second-order valence-corrected chi connectivity index (χ2v) is 4.48. The average Bonchev–Trinajstić information content (AvgIpc) is 2.61. The first-order valence-corrected chi connectivity index (χ1v) is 5.92. The molecule has 0 radical (unpaired) electrons. The minimum atomic E-state index is -0.646. The third-order valence-corrected chi connectivity index (χ3v) is 2.96. The Bertz CT molecular complexity index is 324. The second kappa shape index (κ2) is 6.10. The van der Waals surface area contributed by atoms with Gasteiger partial charge in [0.25, 0.3) is 0 Å². The van der Waals surface area contributed by atoms with Crippen molar-refractivity contribution in [2.45, 2.75) is 20.0 Å². The molecule has 1 aromatic rings. The quantitative estimate of drug-likeness (QED) is 0.752. The summed E-state index contributed by atoms with van der Waals surface area (Å²) in [5.41, 5.74) is 0. The van der Waals surface area contributed by atoms with Crippen LogP contribution in [-0.2, 0) is 14.3 Å². The summed E-state index contributed by atoms with van der Waals surface area (Å²) in [6, 6.07) is 3.52. The fourth-order valence-electron chi connectivity index (χ4n) is 1.12. The van der Waals surface area contributed by atoms with Crippen LogP contribution in [0.2, 0.25) is 4.34 Å². The summed E-state index contributed by atoms with van der Waals surface area (Å²) in [6.45, 7) is 4.41. The summed E-state index contributed by atoms with van der Waals surface area (Å²) in [4.78, 5) is 12.3. The van der Waals surface area contributed by atoms with Gasteiger partial charge in [0.15, 0.2) is 6.10 Å². The maximum absolute atomic E-state index is 11.6. The summed E-state index contributed by atoms with van der Waals surface area (Å²) in [7, 11) is 0. The molecule has 0 N–H and O–H groups in total. The molecule has 0 aliphatic rings. The largest absolute Gasteiger partial charge is 0.464 e. The fourth-order valence-corrected chi connectivity index (χ4v) is 2.22. The molecule has 0 aromatic carbocycles. The normalized spacial score (nSPS) is 12.5. The van der Waals surface area contributed by atoms with Gasteiger partial charge in [-0.1, -0.05) is 11.6 Å². The molecule has 1 atom stereocenters. The number of esters is 1. The standard InChI is InChI=1S/C10H13ClO3S/c1-3-13-9(10(12)14-4-2)7-5-6-8(11)15-7/h5-6,9H,3-4H2,1-2H3. The Morgan fingerprint density at radius 3 is 2.67 bits per heavy atom. The molecule has 0 saturated carbocycles. The van der Waals surface area contributed by atoms with Crippen LogP contribution in [0.15, 0.2) is 12.1 Å². The van der Waals surface area contributed by atoms with Crippen LogP contribution in [0.25, 0.3) is 0 Å². The van der Waals surface area contributed by atoms with Crippen LogP contribution in [0.3, 0.4) is 0 Å². The Labute approximate surface area is 98.0 Å². The highest BCUT2D eigenvalue weighted by Gasteiger charge is 2.23. The van der Waals surface area contributed by atoms with Crippen LogP contribution in [0.5, 0.6) is 0 Å². The highest BCUT2D eigenvalue weighted by atomic mass is 35.5. The number of carbonyl (C=O) groups is 1. The summed E-state index contributed by atoms with van der Waals surface area (Å²) in [5.74, 6) is -0.363. The third-order valence-electron chi connectivity index (χ3n) is 1.69. The Morgan fingerprint density at radius 2 is 2.20 bits per heavy atom. The van der Waals surface area contributed by atoms with Crippen LogP contribution in [0.1, 0.15) is 24.8 Å². The molecule has 1 heterocycles. The molecule has 0 fully saturated rings. The highest BCUT2D eigenvalue weighted by molar-refractivity contribution is 7.16. The number of thiophene rings is 1. The monoisotopic (exact) mass is 248 g/mol. The molecular formula is C10H13ClO3S. The van der Waals surface area contributed by atoms with Crippen molar-refractivity contribution in [1.29, 1.82) is 0 Å². The molecule has 1 unspecified atom stereocenters. The number of halogens is 1. The van der Waals surface area contributed by atoms with Gasteiger partial charge in [0, 0.05) is 11.5 Å². The van der Waals surface area contributed by atoms with Gasteiger partial charge in [-0.25, -0.2) is 4.79 Å². The Balaban J connectivity index is 2.77. The van der Waals surface area contributed by atoms with E-state index in [1.54, 1.807) is 19.1 Å². The number of rotatable bonds is 5. The van der Waals surface area contributed by atoms with E-state index in [1.807, 2.05) is 6.92 Å². The maximum atomic E-state index is 11.6. The summed E-state index contributed by atoms with van der Waals surface area (Å²) < 4.78 is 10.9. The molecule has 0 aliphatic heterocycles. The molecule has 1 rings (SSSR count). The topological polar surface area (TPSA) is 35.5 Å². The number of carbonyl (C=O) groups excluding carboxylic acids is 1. The summed E-state index contributed by atoms with van der Waals surface area (Å²) in [6.07, 6.45) is -0.646. The Hall–Kier alpha value is -0.580. The van der Waals surface area contributed by atoms with E-state index in [-0.39, 0.29) is 5.97 Å². The summed E-state index contributed by atoms with van der Waals surface area (Å²) in [5, 5.41) is 0. The first-order valence-electron chi connectivity index (χ1n) is 4.72. The molecule has 15 heavy (non-hydrogen) atoms. The predicted molar refractivity (Wildman–Crippen MR) is 60.3 cm³/mol. The lowest BCUT2D eigenvalue weighted by molar-refractivity contribution is -0.156. The molecular weight excluding hydrogens is 236 g/mol. The second-order valence-electron chi connectivity index (χ2n) is 2.73. The van der Waals surface area contributed by atoms with E-state index >= 15 is 0 Å². The minimum absolute atomic E-state index is 0.349. The number of ether oxygens (including phenoxy) is 2. The van der Waals surface area contributed by atoms with Gasteiger partial charge < -0.3 is 9.47 Å². The van der Waals surface area contributed by atoms with Crippen LogP contribution >= 0.6 is 22.9 Å². The van der Waals surface area contributed by atoms with E-state index in [0.717, 1.165) is 4.88 Å². The zero-order valence-electron chi connectivity index (χ0n) is 8.66. The van der Waals surface area contributed by atoms with Gasteiger partial charge in [0.05, 0.1) is 10.9 Å². The molecule has 0 bridgehead atoms. The predicted octanol–water partition coefficient (Wildman–Crippen LogP) is 3.04. The first kappa shape index (κ1) is 12.5. The van der Waals surface area contributed by atoms with Crippen molar-refractivity contribution in [2.75, 3.05) is 13.2 Å². The van der Waals surface area contributed by atoms with Crippen molar-refractivity contribution in [3.63, 3.8) is 0 Å². The van der Waals surface area contributed by atoms with Crippen molar-refractivity contribution in [2.24, 2.45) is 0 Å². The average molecular weight is 249 g/mol. The van der Waals surface area contributed by atoms with Crippen molar-refractivity contribution >= 4 is 28.9 Å². The van der Waals surface area contributed by atoms with Gasteiger partial charge in [0.2, 0.25) is 0 Å². The lowest BCUT2D eigenvalue weighted by Crippen LogP contribution is -2.18. The highest BCUT2D eigenvalue weighted by Crippen LogP contribution is 2.29. The van der Waals surface area contributed by atoms with Crippen molar-refractivity contribution in [3.05, 3.63) is 21.3 Å². The van der Waals surface area contributed by atoms with Crippen LogP contribution in [-0.4, -0.2) is 19.2 Å². The Kier molecular flexibility index (Phi) is 5.08. The van der Waals surface area contributed by atoms with Gasteiger partial charge in [-0.05, 0) is 26.0 Å². The molecule has 3 nitrogen and oxygen atoms in total. The molecule has 84 valence electrons. The zero-order chi connectivity index (χ0) is 11.3. The summed E-state index contributed by atoms with van der Waals surface area (Å²) >= 11 is 7.13. The van der Waals surface area contributed by atoms with E-state index < -0.39 is 6.10 Å². The van der Waals surface area contributed by atoms with Crippen molar-refractivity contribution in [1.82, 2.24) is 0 Å². The van der Waals surface area contributed by atoms with Gasteiger partial charge in [-0.15, -0.1) is 11.3 Å². The van der Waals surface area contributed by atoms with Gasteiger partial charge in [-0.2, -0.15) is 0 Å². The molecule has 0 spiro atoms. The van der Waals surface area contributed by atoms with Gasteiger partial charge in [-0.3, -0.25) is 0 Å². The van der Waals surface area contributed by atoms with E-state index in [2.05, 4.69) is 0 Å². The van der Waals surface area contributed by atoms with Gasteiger partial charge >= 0.3 is 5.97 Å². The molecule has 5 heteroatoms. The minimum Gasteiger partial charge on any atom is -0.464 e. The third kappa shape index (κ3) is 3.48. The lowest BCUT2D eigenvalue weighted by Gasteiger charge is -2.13. The van der Waals surface area contributed by atoms with E-state index in [0.29, 0.717) is 17.6 Å². The van der Waals surface area contributed by atoms with Gasteiger partial charge in [0.1, 0.15) is 0 Å². The molecule has 0 amide bonds. The van der Waals surface area contributed by atoms with E-state index in [4.69, 9.17) is 21.1 Å². The van der Waals surface area contributed by atoms with Crippen LogP contribution < -0.4 is 0 Å². The van der Waals surface area contributed by atoms with Crippen LogP contribution in [0, 0.1) is 0 Å². The van der Waals surface area contributed by atoms with Crippen LogP contribution in [0.4, 0.5) is 0 Å². The lowest BCUT2D eigenvalue weighted by atomic mass is 10.3. The number of hydrogen-bond donors (Lipinski definition) is 0. The van der Waals surface area contributed by atoms with E-state index in [9.17, 15) is 4.79 Å². The smallest absolute Gasteiger partial charge is 0.340 e. The number of hydrogen-bond acceptors (Lipinski definition) is 4. The molecule has 0 aliphatic carbocycles.